The maximum atomic E-state index is 12.8. The van der Waals surface area contributed by atoms with Gasteiger partial charge in [0.15, 0.2) is 9.84 Å². The van der Waals surface area contributed by atoms with Gasteiger partial charge in [0.1, 0.15) is 5.92 Å². The zero-order valence-electron chi connectivity index (χ0n) is 13.5. The zero-order valence-corrected chi connectivity index (χ0v) is 14.3. The normalized spacial score (nSPS) is 21.5. The Labute approximate surface area is 136 Å². The Morgan fingerprint density at radius 3 is 1.78 bits per heavy atom. The average molecular weight is 336 g/mol. The number of amides is 2. The number of sulfone groups is 1. The molecule has 6 nitrogen and oxygen atoms in total. The molecule has 2 aliphatic rings. The monoisotopic (exact) mass is 336 g/mol. The van der Waals surface area contributed by atoms with E-state index in [0.717, 1.165) is 22.3 Å². The van der Waals surface area contributed by atoms with E-state index in [0.29, 0.717) is 0 Å². The number of benzene rings is 1. The fourth-order valence-corrected chi connectivity index (χ4v) is 4.66. The molecule has 2 heterocycles. The number of carbonyl (C=O) groups is 2. The first kappa shape index (κ1) is 16.0. The number of hydrazine groups is 1. The molecule has 0 unspecified atom stereocenters. The van der Waals surface area contributed by atoms with Crippen LogP contribution in [0.5, 0.6) is 0 Å². The molecule has 0 aromatic heterocycles. The van der Waals surface area contributed by atoms with Gasteiger partial charge >= 0.3 is 0 Å². The van der Waals surface area contributed by atoms with Gasteiger partial charge < -0.3 is 0 Å². The van der Waals surface area contributed by atoms with Crippen LogP contribution >= 0.6 is 0 Å². The Kier molecular flexibility index (Phi) is 3.71. The highest BCUT2D eigenvalue weighted by Crippen LogP contribution is 2.34. The van der Waals surface area contributed by atoms with E-state index >= 15 is 0 Å². The largest absolute Gasteiger partial charge is 0.272 e. The highest BCUT2D eigenvalue weighted by atomic mass is 32.2. The fraction of sp³-hybridized carbons (Fsp3) is 0.500. The minimum Gasteiger partial charge on any atom is -0.272 e. The average Bonchev–Trinajstić information content (AvgIpc) is 2.56. The van der Waals surface area contributed by atoms with Gasteiger partial charge in [-0.15, -0.1) is 0 Å². The molecule has 2 saturated heterocycles. The Bertz CT molecular complexity index is 745. The fourth-order valence-electron chi connectivity index (χ4n) is 3.55. The second-order valence-corrected chi connectivity index (χ2v) is 8.62. The third-order valence-corrected chi connectivity index (χ3v) is 6.16. The van der Waals surface area contributed by atoms with E-state index in [-0.39, 0.29) is 36.4 Å². The van der Waals surface area contributed by atoms with Crippen LogP contribution in [0.25, 0.3) is 0 Å². The summed E-state index contributed by atoms with van der Waals surface area (Å²) in [5.74, 6) is -1.68. The topological polar surface area (TPSA) is 74.8 Å². The molecule has 0 aliphatic carbocycles. The molecule has 7 heteroatoms. The van der Waals surface area contributed by atoms with Gasteiger partial charge in [-0.2, -0.15) is 0 Å². The number of hydrogen-bond donors (Lipinski definition) is 0. The van der Waals surface area contributed by atoms with Crippen molar-refractivity contribution in [2.75, 3.05) is 24.6 Å². The van der Waals surface area contributed by atoms with Gasteiger partial charge in [0, 0.05) is 0 Å². The van der Waals surface area contributed by atoms with Crippen molar-refractivity contribution in [1.82, 2.24) is 10.0 Å². The first-order valence-corrected chi connectivity index (χ1v) is 9.44. The lowest BCUT2D eigenvalue weighted by Gasteiger charge is -2.23. The van der Waals surface area contributed by atoms with Gasteiger partial charge in [-0.25, -0.2) is 18.4 Å². The Hall–Kier alpha value is -1.89. The molecule has 0 atom stereocenters. The molecular weight excluding hydrogens is 316 g/mol. The molecule has 124 valence electrons. The van der Waals surface area contributed by atoms with Crippen molar-refractivity contribution in [2.45, 2.75) is 26.7 Å². The summed E-state index contributed by atoms with van der Waals surface area (Å²) < 4.78 is 23.5. The van der Waals surface area contributed by atoms with Crippen LogP contribution in [-0.4, -0.2) is 54.8 Å². The van der Waals surface area contributed by atoms with Crippen LogP contribution in [0.15, 0.2) is 12.1 Å². The maximum absolute atomic E-state index is 12.8. The van der Waals surface area contributed by atoms with Crippen molar-refractivity contribution in [1.29, 1.82) is 0 Å². The molecule has 0 bridgehead atoms. The van der Waals surface area contributed by atoms with Crippen LogP contribution in [0.2, 0.25) is 0 Å². The quantitative estimate of drug-likeness (QED) is 0.708. The maximum Gasteiger partial charge on any atom is 0.258 e. The van der Waals surface area contributed by atoms with Crippen LogP contribution in [0, 0.1) is 20.8 Å². The lowest BCUT2D eigenvalue weighted by Crippen LogP contribution is -2.41. The van der Waals surface area contributed by atoms with Crippen LogP contribution < -0.4 is 0 Å². The number of rotatable bonds is 1. The standard InChI is InChI=1S/C16H20N2O4S/c1-10-8-11(2)13(12(3)9-10)14-15(19)17-4-6-23(21,22)7-5-18(17)16(14)20/h8-9,14H,4-7H2,1-3H3. The molecule has 0 saturated carbocycles. The molecule has 2 amide bonds. The molecular formula is C16H20N2O4S. The lowest BCUT2D eigenvalue weighted by molar-refractivity contribution is -0.145. The number of hydrogen-bond acceptors (Lipinski definition) is 4. The van der Waals surface area contributed by atoms with E-state index in [4.69, 9.17) is 0 Å². The van der Waals surface area contributed by atoms with Gasteiger partial charge in [0.05, 0.1) is 24.6 Å². The predicted octanol–water partition coefficient (Wildman–Crippen LogP) is 0.710. The second kappa shape index (κ2) is 5.33. The van der Waals surface area contributed by atoms with Gasteiger partial charge in [0.2, 0.25) is 0 Å². The summed E-state index contributed by atoms with van der Waals surface area (Å²) >= 11 is 0. The van der Waals surface area contributed by atoms with Crippen molar-refractivity contribution in [3.8, 4) is 0 Å². The zero-order chi connectivity index (χ0) is 16.9. The molecule has 0 radical (unpaired) electrons. The van der Waals surface area contributed by atoms with Gasteiger partial charge in [-0.3, -0.25) is 9.59 Å². The number of carbonyl (C=O) groups excluding carboxylic acids is 2. The smallest absolute Gasteiger partial charge is 0.258 e. The van der Waals surface area contributed by atoms with E-state index in [1.165, 1.54) is 10.0 Å². The van der Waals surface area contributed by atoms with Crippen LogP contribution in [0.4, 0.5) is 0 Å². The summed E-state index contributed by atoms with van der Waals surface area (Å²) in [6.45, 7) is 5.88. The Balaban J connectivity index is 2.02. The third kappa shape index (κ3) is 2.63. The summed E-state index contributed by atoms with van der Waals surface area (Å²) in [7, 11) is -3.20. The molecule has 2 fully saturated rings. The van der Waals surface area contributed by atoms with E-state index in [1.807, 2.05) is 32.9 Å². The third-order valence-electron chi connectivity index (χ3n) is 4.55. The molecule has 2 aliphatic heterocycles. The lowest BCUT2D eigenvalue weighted by atomic mass is 9.89. The SMILES string of the molecule is Cc1cc(C)c(C2C(=O)N3CCS(=O)(=O)CCN3C2=O)c(C)c1. The Morgan fingerprint density at radius 1 is 0.913 bits per heavy atom. The molecule has 0 spiro atoms. The molecule has 3 rings (SSSR count). The number of nitrogens with zero attached hydrogens (tertiary/aromatic N) is 2. The summed E-state index contributed by atoms with van der Waals surface area (Å²) in [6.07, 6.45) is 0. The molecule has 1 aromatic rings. The summed E-state index contributed by atoms with van der Waals surface area (Å²) in [5, 5.41) is 2.63. The minimum atomic E-state index is -3.20. The summed E-state index contributed by atoms with van der Waals surface area (Å²) in [5.41, 5.74) is 3.67. The van der Waals surface area contributed by atoms with Crippen molar-refractivity contribution >= 4 is 21.7 Å². The van der Waals surface area contributed by atoms with Crippen molar-refractivity contribution < 1.29 is 18.0 Å². The van der Waals surface area contributed by atoms with E-state index in [2.05, 4.69) is 0 Å². The Morgan fingerprint density at radius 2 is 1.35 bits per heavy atom. The van der Waals surface area contributed by atoms with Crippen LogP contribution in [-0.2, 0) is 19.4 Å². The number of fused-ring (bicyclic) bond motifs is 1. The van der Waals surface area contributed by atoms with E-state index in [9.17, 15) is 18.0 Å². The second-order valence-electron chi connectivity index (χ2n) is 6.32. The highest BCUT2D eigenvalue weighted by Gasteiger charge is 2.48. The highest BCUT2D eigenvalue weighted by molar-refractivity contribution is 7.91. The van der Waals surface area contributed by atoms with Crippen molar-refractivity contribution in [2.24, 2.45) is 0 Å². The van der Waals surface area contributed by atoms with E-state index < -0.39 is 15.8 Å². The van der Waals surface area contributed by atoms with Gasteiger partial charge in [0.25, 0.3) is 11.8 Å². The molecule has 1 aromatic carbocycles. The predicted molar refractivity (Wildman–Crippen MR) is 85.5 cm³/mol. The van der Waals surface area contributed by atoms with Gasteiger partial charge in [-0.05, 0) is 37.5 Å². The number of aryl methyl sites for hydroxylation is 3. The first-order valence-electron chi connectivity index (χ1n) is 7.62. The summed E-state index contributed by atoms with van der Waals surface area (Å²) in [6, 6.07) is 3.93. The van der Waals surface area contributed by atoms with Crippen LogP contribution in [0.1, 0.15) is 28.2 Å². The van der Waals surface area contributed by atoms with Crippen molar-refractivity contribution in [3.05, 3.63) is 34.4 Å². The molecule has 0 N–H and O–H groups in total. The molecule has 23 heavy (non-hydrogen) atoms. The first-order chi connectivity index (χ1) is 10.7. The van der Waals surface area contributed by atoms with Gasteiger partial charge in [-0.1, -0.05) is 17.7 Å². The van der Waals surface area contributed by atoms with Crippen LogP contribution in [0.3, 0.4) is 0 Å². The van der Waals surface area contributed by atoms with E-state index in [1.54, 1.807) is 0 Å². The van der Waals surface area contributed by atoms with Crippen molar-refractivity contribution in [3.63, 3.8) is 0 Å². The minimum absolute atomic E-state index is 0.0490. The summed E-state index contributed by atoms with van der Waals surface area (Å²) in [4.78, 5) is 25.5.